The van der Waals surface area contributed by atoms with Gasteiger partial charge in [0.1, 0.15) is 5.69 Å². The Morgan fingerprint density at radius 2 is 2.04 bits per heavy atom. The third-order valence-electron chi connectivity index (χ3n) is 4.92. The van der Waals surface area contributed by atoms with Crippen molar-refractivity contribution in [2.24, 2.45) is 7.05 Å². The summed E-state index contributed by atoms with van der Waals surface area (Å²) in [6, 6.07) is 8.51. The first-order valence-corrected chi connectivity index (χ1v) is 9.29. The molecular weight excluding hydrogens is 334 g/mol. The second-order valence-electron chi connectivity index (χ2n) is 6.49. The molecule has 0 aliphatic carbocycles. The normalized spacial score (nSPS) is 15.7. The van der Waals surface area contributed by atoms with Gasteiger partial charge in [0.2, 0.25) is 0 Å². The van der Waals surface area contributed by atoms with Crippen molar-refractivity contribution in [1.29, 1.82) is 0 Å². The largest absolute Gasteiger partial charge is 0.348 e. The quantitative estimate of drug-likeness (QED) is 0.725. The monoisotopic (exact) mass is 355 g/mol. The molecule has 0 radical (unpaired) electrons. The van der Waals surface area contributed by atoms with E-state index in [4.69, 9.17) is 4.98 Å². The summed E-state index contributed by atoms with van der Waals surface area (Å²) in [5.41, 5.74) is 1.70. The molecular formula is C18H21N5OS. The van der Waals surface area contributed by atoms with Gasteiger partial charge in [-0.2, -0.15) is 0 Å². The summed E-state index contributed by atoms with van der Waals surface area (Å²) in [5.74, 6) is 0.0402. The van der Waals surface area contributed by atoms with Gasteiger partial charge < -0.3 is 14.4 Å². The number of carbonyl (C=O) groups is 1. The highest BCUT2D eigenvalue weighted by molar-refractivity contribution is 7.22. The average Bonchev–Trinajstić information content (AvgIpc) is 3.26. The SMILES string of the molecule is CN(C(=O)c1cncn1C)C1CCN(c2nc3ccccc3s2)CC1. The number of anilines is 1. The Bertz CT molecular complexity index is 861. The molecule has 0 atom stereocenters. The number of benzene rings is 1. The number of para-hydroxylation sites is 1. The summed E-state index contributed by atoms with van der Waals surface area (Å²) in [4.78, 5) is 25.6. The van der Waals surface area contributed by atoms with Crippen LogP contribution in [0.25, 0.3) is 10.2 Å². The maximum absolute atomic E-state index is 12.6. The molecule has 0 N–H and O–H groups in total. The van der Waals surface area contributed by atoms with E-state index in [-0.39, 0.29) is 11.9 Å². The second-order valence-corrected chi connectivity index (χ2v) is 7.50. The van der Waals surface area contributed by atoms with Crippen molar-refractivity contribution in [3.63, 3.8) is 0 Å². The molecule has 1 aromatic carbocycles. The fraction of sp³-hybridized carbons (Fsp3) is 0.389. The molecule has 1 aliphatic rings. The lowest BCUT2D eigenvalue weighted by Gasteiger charge is -2.36. The van der Waals surface area contributed by atoms with E-state index < -0.39 is 0 Å². The smallest absolute Gasteiger partial charge is 0.272 e. The first-order valence-electron chi connectivity index (χ1n) is 8.47. The number of thiazole rings is 1. The van der Waals surface area contributed by atoms with Crippen LogP contribution < -0.4 is 4.90 Å². The number of hydrogen-bond donors (Lipinski definition) is 0. The van der Waals surface area contributed by atoms with E-state index in [0.29, 0.717) is 5.69 Å². The number of imidazole rings is 1. The van der Waals surface area contributed by atoms with Gasteiger partial charge in [0.15, 0.2) is 5.13 Å². The van der Waals surface area contributed by atoms with Crippen molar-refractivity contribution in [1.82, 2.24) is 19.4 Å². The molecule has 1 saturated heterocycles. The number of nitrogens with zero attached hydrogens (tertiary/aromatic N) is 5. The lowest BCUT2D eigenvalue weighted by atomic mass is 10.0. The van der Waals surface area contributed by atoms with Crippen LogP contribution in [0.3, 0.4) is 0 Å². The molecule has 25 heavy (non-hydrogen) atoms. The predicted molar refractivity (Wildman–Crippen MR) is 100 cm³/mol. The molecule has 7 heteroatoms. The Balaban J connectivity index is 1.42. The molecule has 0 bridgehead atoms. The van der Waals surface area contributed by atoms with E-state index in [1.54, 1.807) is 28.4 Å². The van der Waals surface area contributed by atoms with E-state index in [2.05, 4.69) is 28.1 Å². The topological polar surface area (TPSA) is 54.3 Å². The molecule has 0 spiro atoms. The maximum Gasteiger partial charge on any atom is 0.272 e. The van der Waals surface area contributed by atoms with Crippen LogP contribution >= 0.6 is 11.3 Å². The van der Waals surface area contributed by atoms with Crippen molar-refractivity contribution < 1.29 is 4.79 Å². The number of amides is 1. The van der Waals surface area contributed by atoms with Crippen molar-refractivity contribution in [2.75, 3.05) is 25.0 Å². The number of aromatic nitrogens is 3. The fourth-order valence-electron chi connectivity index (χ4n) is 3.35. The summed E-state index contributed by atoms with van der Waals surface area (Å²) in [7, 11) is 3.75. The van der Waals surface area contributed by atoms with Crippen molar-refractivity contribution in [3.05, 3.63) is 42.5 Å². The number of carbonyl (C=O) groups excluding carboxylic acids is 1. The third-order valence-corrected chi connectivity index (χ3v) is 6.02. The molecule has 1 aliphatic heterocycles. The maximum atomic E-state index is 12.6. The molecule has 4 rings (SSSR count). The highest BCUT2D eigenvalue weighted by atomic mass is 32.1. The van der Waals surface area contributed by atoms with Crippen LogP contribution in [-0.2, 0) is 7.05 Å². The number of fused-ring (bicyclic) bond motifs is 1. The van der Waals surface area contributed by atoms with Crippen molar-refractivity contribution in [3.8, 4) is 0 Å². The summed E-state index contributed by atoms with van der Waals surface area (Å²) < 4.78 is 3.00. The van der Waals surface area contributed by atoms with Gasteiger partial charge in [-0.3, -0.25) is 4.79 Å². The van der Waals surface area contributed by atoms with Crippen LogP contribution in [0.15, 0.2) is 36.8 Å². The van der Waals surface area contributed by atoms with Crippen molar-refractivity contribution in [2.45, 2.75) is 18.9 Å². The second kappa shape index (κ2) is 6.48. The molecule has 1 fully saturated rings. The van der Waals surface area contributed by atoms with Crippen molar-refractivity contribution >= 4 is 32.6 Å². The Kier molecular flexibility index (Phi) is 4.17. The van der Waals surface area contributed by atoms with Crippen LogP contribution in [0.5, 0.6) is 0 Å². The van der Waals surface area contributed by atoms with E-state index in [1.807, 2.05) is 25.1 Å². The highest BCUT2D eigenvalue weighted by Gasteiger charge is 2.28. The van der Waals surface area contributed by atoms with Gasteiger partial charge in [0, 0.05) is 33.2 Å². The standard InChI is InChI=1S/C18H21N5OS/c1-21-12-19-11-15(21)17(24)22(2)13-7-9-23(10-8-13)18-20-14-5-3-4-6-16(14)25-18/h3-6,11-13H,7-10H2,1-2H3. The first kappa shape index (κ1) is 16.1. The van der Waals surface area contributed by atoms with Gasteiger partial charge in [0.05, 0.1) is 22.7 Å². The summed E-state index contributed by atoms with van der Waals surface area (Å²) in [6.45, 7) is 1.85. The Morgan fingerprint density at radius 3 is 2.72 bits per heavy atom. The van der Waals surface area contributed by atoms with E-state index in [1.165, 1.54) is 4.70 Å². The van der Waals surface area contributed by atoms with Crippen LogP contribution in [-0.4, -0.2) is 51.5 Å². The zero-order valence-electron chi connectivity index (χ0n) is 14.4. The molecule has 3 heterocycles. The Morgan fingerprint density at radius 1 is 1.28 bits per heavy atom. The lowest BCUT2D eigenvalue weighted by molar-refractivity contribution is 0.0699. The Labute approximate surface area is 150 Å². The summed E-state index contributed by atoms with van der Waals surface area (Å²) in [5, 5.41) is 1.08. The van der Waals surface area contributed by atoms with E-state index >= 15 is 0 Å². The fourth-order valence-corrected chi connectivity index (χ4v) is 4.37. The number of rotatable bonds is 3. The minimum atomic E-state index is 0.0402. The van der Waals surface area contributed by atoms with Crippen LogP contribution in [0, 0.1) is 0 Å². The Hall–Kier alpha value is -2.41. The zero-order chi connectivity index (χ0) is 17.4. The number of piperidine rings is 1. The van der Waals surface area contributed by atoms with E-state index in [0.717, 1.165) is 36.6 Å². The molecule has 1 amide bonds. The van der Waals surface area contributed by atoms with Gasteiger partial charge >= 0.3 is 0 Å². The van der Waals surface area contributed by atoms with Gasteiger partial charge in [-0.1, -0.05) is 23.5 Å². The lowest BCUT2D eigenvalue weighted by Crippen LogP contribution is -2.46. The molecule has 2 aromatic heterocycles. The van der Waals surface area contributed by atoms with E-state index in [9.17, 15) is 4.79 Å². The zero-order valence-corrected chi connectivity index (χ0v) is 15.2. The van der Waals surface area contributed by atoms with Gasteiger partial charge in [0.25, 0.3) is 5.91 Å². The third kappa shape index (κ3) is 3.00. The van der Waals surface area contributed by atoms with Gasteiger partial charge in [-0.05, 0) is 25.0 Å². The molecule has 130 valence electrons. The highest BCUT2D eigenvalue weighted by Crippen LogP contribution is 2.31. The minimum absolute atomic E-state index is 0.0402. The van der Waals surface area contributed by atoms with Gasteiger partial charge in [-0.25, -0.2) is 9.97 Å². The first-order chi connectivity index (χ1) is 12.1. The van der Waals surface area contributed by atoms with Crippen LogP contribution in [0.1, 0.15) is 23.3 Å². The predicted octanol–water partition coefficient (Wildman–Crippen LogP) is 2.77. The summed E-state index contributed by atoms with van der Waals surface area (Å²) in [6.07, 6.45) is 5.21. The number of hydrogen-bond acceptors (Lipinski definition) is 5. The van der Waals surface area contributed by atoms with Crippen LogP contribution in [0.4, 0.5) is 5.13 Å². The molecule has 0 unspecified atom stereocenters. The molecule has 3 aromatic rings. The summed E-state index contributed by atoms with van der Waals surface area (Å²) >= 11 is 1.74. The average molecular weight is 355 g/mol. The van der Waals surface area contributed by atoms with Gasteiger partial charge in [-0.15, -0.1) is 0 Å². The van der Waals surface area contributed by atoms with Crippen LogP contribution in [0.2, 0.25) is 0 Å². The molecule has 0 saturated carbocycles. The number of aryl methyl sites for hydroxylation is 1. The minimum Gasteiger partial charge on any atom is -0.348 e. The molecule has 6 nitrogen and oxygen atoms in total.